The quantitative estimate of drug-likeness (QED) is 0.343. The fourth-order valence-electron chi connectivity index (χ4n) is 3.57. The summed E-state index contributed by atoms with van der Waals surface area (Å²) >= 11 is 0. The Morgan fingerprint density at radius 3 is 2.06 bits per heavy atom. The van der Waals surface area contributed by atoms with Gasteiger partial charge in [-0.2, -0.15) is 0 Å². The predicted octanol–water partition coefficient (Wildman–Crippen LogP) is 3.51. The van der Waals surface area contributed by atoms with Crippen molar-refractivity contribution in [1.82, 2.24) is 10.6 Å². The normalized spacial score (nSPS) is 12.2. The fourth-order valence-corrected chi connectivity index (χ4v) is 3.57. The van der Waals surface area contributed by atoms with E-state index in [1.54, 1.807) is 6.92 Å². The molecule has 0 radical (unpaired) electrons. The first-order valence-electron chi connectivity index (χ1n) is 12.1. The number of rotatable bonds is 13. The summed E-state index contributed by atoms with van der Waals surface area (Å²) in [5.74, 6) is -0.721. The highest BCUT2D eigenvalue weighted by Gasteiger charge is 2.22. The van der Waals surface area contributed by atoms with E-state index in [4.69, 9.17) is 10.5 Å². The molecule has 2 unspecified atom stereocenters. The first-order chi connectivity index (χ1) is 17.4. The summed E-state index contributed by atoms with van der Waals surface area (Å²) in [7, 11) is 0. The van der Waals surface area contributed by atoms with Crippen molar-refractivity contribution in [2.24, 2.45) is 11.7 Å². The third-order valence-corrected chi connectivity index (χ3v) is 5.86. The summed E-state index contributed by atoms with van der Waals surface area (Å²) < 4.78 is 5.84. The van der Waals surface area contributed by atoms with Crippen molar-refractivity contribution in [2.45, 2.75) is 45.4 Å². The molecule has 3 aromatic rings. The number of primary amides is 1. The van der Waals surface area contributed by atoms with E-state index in [2.05, 4.69) is 10.6 Å². The van der Waals surface area contributed by atoms with Gasteiger partial charge in [0.25, 0.3) is 0 Å². The maximum absolute atomic E-state index is 13.0. The second-order valence-electron chi connectivity index (χ2n) is 8.79. The average molecular weight is 488 g/mol. The highest BCUT2D eigenvalue weighted by atomic mass is 16.5. The van der Waals surface area contributed by atoms with E-state index >= 15 is 0 Å². The van der Waals surface area contributed by atoms with Crippen LogP contribution >= 0.6 is 0 Å². The maximum atomic E-state index is 13.0. The second-order valence-corrected chi connectivity index (χ2v) is 8.79. The van der Waals surface area contributed by atoms with Crippen LogP contribution in [0.2, 0.25) is 0 Å². The van der Waals surface area contributed by atoms with Crippen molar-refractivity contribution in [1.29, 1.82) is 0 Å². The molecule has 0 aliphatic rings. The Bertz CT molecular complexity index is 1120. The van der Waals surface area contributed by atoms with Crippen molar-refractivity contribution in [3.8, 4) is 5.75 Å². The van der Waals surface area contributed by atoms with Crippen LogP contribution in [-0.4, -0.2) is 23.8 Å². The number of carbonyl (C=O) groups is 3. The van der Waals surface area contributed by atoms with Crippen molar-refractivity contribution in [2.75, 3.05) is 0 Å². The molecule has 0 bridgehead atoms. The van der Waals surface area contributed by atoms with E-state index in [1.165, 1.54) is 0 Å². The lowest BCUT2D eigenvalue weighted by Crippen LogP contribution is -2.47. The predicted molar refractivity (Wildman–Crippen MR) is 139 cm³/mol. The Morgan fingerprint density at radius 2 is 1.44 bits per heavy atom. The van der Waals surface area contributed by atoms with Crippen molar-refractivity contribution < 1.29 is 19.1 Å². The molecule has 7 nitrogen and oxygen atoms in total. The molecule has 36 heavy (non-hydrogen) atoms. The van der Waals surface area contributed by atoms with Gasteiger partial charge in [0.05, 0.1) is 0 Å². The summed E-state index contributed by atoms with van der Waals surface area (Å²) in [6, 6.07) is 26.2. The molecule has 188 valence electrons. The Hall–Kier alpha value is -4.13. The smallest absolute Gasteiger partial charge is 0.243 e. The van der Waals surface area contributed by atoms with E-state index < -0.39 is 17.9 Å². The Kier molecular flexibility index (Phi) is 10.1. The number of hydrogen-bond donors (Lipinski definition) is 3. The molecular weight excluding hydrogens is 454 g/mol. The topological polar surface area (TPSA) is 111 Å². The Balaban J connectivity index is 1.61. The van der Waals surface area contributed by atoms with Crippen LogP contribution in [-0.2, 0) is 34.0 Å². The van der Waals surface area contributed by atoms with Crippen molar-refractivity contribution >= 4 is 17.7 Å². The molecule has 3 rings (SSSR count). The molecule has 7 heteroatoms. The summed E-state index contributed by atoms with van der Waals surface area (Å²) in [4.78, 5) is 36.8. The van der Waals surface area contributed by atoms with Gasteiger partial charge >= 0.3 is 0 Å². The molecule has 3 amide bonds. The molecule has 0 fully saturated rings. The van der Waals surface area contributed by atoms with Gasteiger partial charge in [-0.25, -0.2) is 0 Å². The molecule has 0 aromatic heterocycles. The van der Waals surface area contributed by atoms with E-state index in [0.717, 1.165) is 22.4 Å². The number of nitrogens with one attached hydrogen (secondary N) is 2. The molecule has 0 heterocycles. The van der Waals surface area contributed by atoms with Gasteiger partial charge in [-0.05, 0) is 35.2 Å². The van der Waals surface area contributed by atoms with Gasteiger partial charge in [-0.1, -0.05) is 79.7 Å². The number of hydrogen-bond acceptors (Lipinski definition) is 4. The van der Waals surface area contributed by atoms with Crippen molar-refractivity contribution in [3.05, 3.63) is 102 Å². The lowest BCUT2D eigenvalue weighted by Gasteiger charge is -2.19. The number of ether oxygens (including phenoxy) is 1. The molecule has 0 saturated carbocycles. The third kappa shape index (κ3) is 8.91. The van der Waals surface area contributed by atoms with E-state index in [9.17, 15) is 14.4 Å². The van der Waals surface area contributed by atoms with Gasteiger partial charge < -0.3 is 21.1 Å². The number of amides is 3. The first kappa shape index (κ1) is 26.5. The molecule has 0 saturated heterocycles. The average Bonchev–Trinajstić information content (AvgIpc) is 2.90. The van der Waals surface area contributed by atoms with Crippen LogP contribution in [0, 0.1) is 5.92 Å². The SMILES string of the molecule is CC(CCC(=O)NC(Cc1ccc(OCc2ccccc2)cc1)C(=O)NCc1ccccc1)C(N)=O. The zero-order chi connectivity index (χ0) is 25.8. The summed E-state index contributed by atoms with van der Waals surface area (Å²) in [5.41, 5.74) is 8.21. The summed E-state index contributed by atoms with van der Waals surface area (Å²) in [6.45, 7) is 2.50. The maximum Gasteiger partial charge on any atom is 0.243 e. The van der Waals surface area contributed by atoms with Gasteiger partial charge in [0.1, 0.15) is 18.4 Å². The van der Waals surface area contributed by atoms with Crippen LogP contribution in [0.4, 0.5) is 0 Å². The van der Waals surface area contributed by atoms with Crippen LogP contribution in [0.3, 0.4) is 0 Å². The van der Waals surface area contributed by atoms with Crippen LogP contribution in [0.25, 0.3) is 0 Å². The molecular formula is C29H33N3O4. The monoisotopic (exact) mass is 487 g/mol. The minimum atomic E-state index is -0.763. The van der Waals surface area contributed by atoms with E-state index in [1.807, 2.05) is 84.9 Å². The van der Waals surface area contributed by atoms with Crippen LogP contribution in [0.15, 0.2) is 84.9 Å². The Morgan fingerprint density at radius 1 is 0.833 bits per heavy atom. The van der Waals surface area contributed by atoms with E-state index in [-0.39, 0.29) is 18.2 Å². The van der Waals surface area contributed by atoms with E-state index in [0.29, 0.717) is 26.0 Å². The molecule has 0 spiro atoms. The highest BCUT2D eigenvalue weighted by Crippen LogP contribution is 2.16. The van der Waals surface area contributed by atoms with Gasteiger partial charge in [0, 0.05) is 25.3 Å². The minimum Gasteiger partial charge on any atom is -0.489 e. The number of nitrogens with two attached hydrogens (primary N) is 1. The summed E-state index contributed by atoms with van der Waals surface area (Å²) in [6.07, 6.45) is 0.752. The highest BCUT2D eigenvalue weighted by molar-refractivity contribution is 5.88. The van der Waals surface area contributed by atoms with Crippen LogP contribution in [0.1, 0.15) is 36.5 Å². The van der Waals surface area contributed by atoms with Gasteiger partial charge in [-0.3, -0.25) is 14.4 Å². The van der Waals surface area contributed by atoms with Gasteiger partial charge in [-0.15, -0.1) is 0 Å². The van der Waals surface area contributed by atoms with Gasteiger partial charge in [0.15, 0.2) is 0 Å². The van der Waals surface area contributed by atoms with Crippen molar-refractivity contribution in [3.63, 3.8) is 0 Å². The zero-order valence-corrected chi connectivity index (χ0v) is 20.5. The fraction of sp³-hybridized carbons (Fsp3) is 0.276. The second kappa shape index (κ2) is 13.7. The minimum absolute atomic E-state index is 0.110. The standard InChI is InChI=1S/C29H33N3O4/c1-21(28(30)34)12-17-27(33)32-26(29(35)31-19-23-8-4-2-5-9-23)18-22-13-15-25(16-14-22)36-20-24-10-6-3-7-11-24/h2-11,13-16,21,26H,12,17-20H2,1H3,(H2,30,34)(H,31,35)(H,32,33). The van der Waals surface area contributed by atoms with Gasteiger partial charge in [0.2, 0.25) is 17.7 Å². The number of benzene rings is 3. The Labute approximate surface area is 212 Å². The first-order valence-corrected chi connectivity index (χ1v) is 12.1. The molecule has 3 aromatic carbocycles. The van der Waals surface area contributed by atoms with Crippen LogP contribution < -0.4 is 21.1 Å². The molecule has 0 aliphatic carbocycles. The summed E-state index contributed by atoms with van der Waals surface area (Å²) in [5, 5.41) is 5.73. The van der Waals surface area contributed by atoms with Crippen LogP contribution in [0.5, 0.6) is 5.75 Å². The molecule has 2 atom stereocenters. The zero-order valence-electron chi connectivity index (χ0n) is 20.5. The third-order valence-electron chi connectivity index (χ3n) is 5.86. The molecule has 0 aliphatic heterocycles. The number of carbonyl (C=O) groups excluding carboxylic acids is 3. The lowest BCUT2D eigenvalue weighted by atomic mass is 10.0. The lowest BCUT2D eigenvalue weighted by molar-refractivity contribution is -0.129. The largest absolute Gasteiger partial charge is 0.489 e. The molecule has 4 N–H and O–H groups in total.